The molecule has 0 radical (unpaired) electrons. The minimum atomic E-state index is -1.63. The lowest BCUT2D eigenvalue weighted by atomic mass is 9.75. The van der Waals surface area contributed by atoms with Crippen LogP contribution in [-0.2, 0) is 15.1 Å². The SMILES string of the molecule is COC(=O)c1cc([C@@H](CO)N2C(=O)C(CC(C)(C)C)(c3ccc(Br)cc3F)N=C2N)ccc1Cl. The van der Waals surface area contributed by atoms with Gasteiger partial charge in [-0.1, -0.05) is 60.4 Å². The molecule has 2 atom stereocenters. The molecule has 2 aromatic carbocycles. The largest absolute Gasteiger partial charge is 0.465 e. The van der Waals surface area contributed by atoms with E-state index in [0.717, 1.165) is 4.90 Å². The van der Waals surface area contributed by atoms with E-state index >= 15 is 4.39 Å². The first kappa shape index (κ1) is 26.1. The van der Waals surface area contributed by atoms with Crippen LogP contribution >= 0.6 is 27.5 Å². The highest BCUT2D eigenvalue weighted by Gasteiger charge is 2.54. The van der Waals surface area contributed by atoms with Gasteiger partial charge in [0.1, 0.15) is 5.82 Å². The molecule has 0 saturated carbocycles. The number of guanidine groups is 1. The van der Waals surface area contributed by atoms with Gasteiger partial charge in [-0.3, -0.25) is 9.69 Å². The number of amides is 1. The van der Waals surface area contributed by atoms with Crippen molar-refractivity contribution in [2.24, 2.45) is 16.1 Å². The Morgan fingerprint density at radius 2 is 2.00 bits per heavy atom. The number of rotatable bonds is 6. The van der Waals surface area contributed by atoms with Gasteiger partial charge in [0.2, 0.25) is 0 Å². The zero-order chi connectivity index (χ0) is 25.4. The fraction of sp³-hybridized carbons (Fsp3) is 0.375. The fourth-order valence-corrected chi connectivity index (χ4v) is 4.76. The minimum Gasteiger partial charge on any atom is -0.465 e. The van der Waals surface area contributed by atoms with E-state index < -0.39 is 41.3 Å². The van der Waals surface area contributed by atoms with Crippen LogP contribution in [0, 0.1) is 11.2 Å². The predicted molar refractivity (Wildman–Crippen MR) is 131 cm³/mol. The van der Waals surface area contributed by atoms with Crippen molar-refractivity contribution in [1.82, 2.24) is 4.90 Å². The standard InChI is InChI=1S/C24H26BrClFN3O4/c1-23(2,3)12-24(16-7-6-14(25)10-18(16)27)21(33)30(22(28)29-24)19(11-31)13-5-8-17(26)15(9-13)20(32)34-4/h5-10,19,31H,11-12H2,1-4H3,(H2,28,29)/t19-,24?/m1/s1. The number of methoxy groups -OCH3 is 1. The zero-order valence-corrected chi connectivity index (χ0v) is 21.6. The van der Waals surface area contributed by atoms with Crippen molar-refractivity contribution >= 4 is 45.4 Å². The molecule has 34 heavy (non-hydrogen) atoms. The second-order valence-electron chi connectivity index (χ2n) is 9.30. The van der Waals surface area contributed by atoms with Gasteiger partial charge in [-0.15, -0.1) is 0 Å². The van der Waals surface area contributed by atoms with Gasteiger partial charge in [-0.25, -0.2) is 14.2 Å². The average molecular weight is 555 g/mol. The number of esters is 1. The van der Waals surface area contributed by atoms with Crippen LogP contribution in [0.5, 0.6) is 0 Å². The highest BCUT2D eigenvalue weighted by molar-refractivity contribution is 9.10. The first-order valence-electron chi connectivity index (χ1n) is 10.5. The Balaban J connectivity index is 2.15. The van der Waals surface area contributed by atoms with E-state index in [1.807, 2.05) is 20.8 Å². The number of aliphatic imine (C=N–C) groups is 1. The van der Waals surface area contributed by atoms with Crippen molar-refractivity contribution < 1.29 is 23.8 Å². The van der Waals surface area contributed by atoms with Gasteiger partial charge in [0, 0.05) is 10.0 Å². The molecule has 1 heterocycles. The highest BCUT2D eigenvalue weighted by Crippen LogP contribution is 2.45. The van der Waals surface area contributed by atoms with Crippen molar-refractivity contribution in [3.8, 4) is 0 Å². The van der Waals surface area contributed by atoms with Gasteiger partial charge >= 0.3 is 5.97 Å². The Bertz CT molecular complexity index is 1170. The van der Waals surface area contributed by atoms with Crippen LogP contribution in [-0.4, -0.2) is 41.6 Å². The van der Waals surface area contributed by atoms with E-state index in [9.17, 15) is 14.7 Å². The summed E-state index contributed by atoms with van der Waals surface area (Å²) in [5.41, 5.74) is 4.74. The molecule has 0 aromatic heterocycles. The first-order chi connectivity index (χ1) is 15.8. The van der Waals surface area contributed by atoms with Crippen LogP contribution in [0.1, 0.15) is 54.7 Å². The third-order valence-electron chi connectivity index (χ3n) is 5.55. The molecule has 182 valence electrons. The van der Waals surface area contributed by atoms with Crippen LogP contribution in [0.2, 0.25) is 5.02 Å². The molecular weight excluding hydrogens is 529 g/mol. The number of nitrogens with zero attached hydrogens (tertiary/aromatic N) is 2. The lowest BCUT2D eigenvalue weighted by Gasteiger charge is -2.34. The average Bonchev–Trinajstić information content (AvgIpc) is 2.98. The number of ether oxygens (including phenoxy) is 1. The van der Waals surface area contributed by atoms with Crippen LogP contribution in [0.15, 0.2) is 45.9 Å². The quantitative estimate of drug-likeness (QED) is 0.510. The summed E-state index contributed by atoms with van der Waals surface area (Å²) in [5.74, 6) is -2.01. The monoisotopic (exact) mass is 553 g/mol. The lowest BCUT2D eigenvalue weighted by molar-refractivity contribution is -0.135. The molecule has 1 aliphatic heterocycles. The Labute approximate surface area is 210 Å². The summed E-state index contributed by atoms with van der Waals surface area (Å²) >= 11 is 9.37. The number of benzene rings is 2. The number of carbonyl (C=O) groups is 2. The molecule has 3 rings (SSSR count). The number of hydrogen-bond acceptors (Lipinski definition) is 6. The van der Waals surface area contributed by atoms with E-state index in [4.69, 9.17) is 22.1 Å². The summed E-state index contributed by atoms with van der Waals surface area (Å²) in [7, 11) is 1.22. The lowest BCUT2D eigenvalue weighted by Crippen LogP contribution is -2.47. The maximum atomic E-state index is 15.2. The van der Waals surface area contributed by atoms with Crippen molar-refractivity contribution in [3.63, 3.8) is 0 Å². The molecule has 2 aromatic rings. The van der Waals surface area contributed by atoms with Crippen molar-refractivity contribution in [3.05, 3.63) is 68.4 Å². The molecular formula is C24H26BrClFN3O4. The second kappa shape index (κ2) is 9.64. The van der Waals surface area contributed by atoms with Gasteiger partial charge in [-0.05, 0) is 41.7 Å². The van der Waals surface area contributed by atoms with Crippen molar-refractivity contribution in [2.75, 3.05) is 13.7 Å². The normalized spacial score (nSPS) is 19.2. The third-order valence-corrected chi connectivity index (χ3v) is 6.38. The number of aliphatic hydroxyl groups excluding tert-OH is 1. The zero-order valence-electron chi connectivity index (χ0n) is 19.2. The van der Waals surface area contributed by atoms with Crippen LogP contribution in [0.4, 0.5) is 4.39 Å². The van der Waals surface area contributed by atoms with Crippen LogP contribution in [0.25, 0.3) is 0 Å². The molecule has 1 unspecified atom stereocenters. The molecule has 0 aliphatic carbocycles. The Morgan fingerprint density at radius 1 is 1.32 bits per heavy atom. The number of hydrogen-bond donors (Lipinski definition) is 2. The summed E-state index contributed by atoms with van der Waals surface area (Å²) < 4.78 is 20.4. The van der Waals surface area contributed by atoms with Gasteiger partial charge in [-0.2, -0.15) is 0 Å². The molecule has 0 fully saturated rings. The summed E-state index contributed by atoms with van der Waals surface area (Å²) in [4.78, 5) is 31.8. The Hall–Kier alpha value is -2.49. The van der Waals surface area contributed by atoms with Crippen molar-refractivity contribution in [1.29, 1.82) is 0 Å². The van der Waals surface area contributed by atoms with E-state index in [-0.39, 0.29) is 28.5 Å². The summed E-state index contributed by atoms with van der Waals surface area (Å²) in [5, 5.41) is 10.4. The van der Waals surface area contributed by atoms with Crippen LogP contribution in [0.3, 0.4) is 0 Å². The second-order valence-corrected chi connectivity index (χ2v) is 10.6. The number of carbonyl (C=O) groups excluding carboxylic acids is 2. The maximum Gasteiger partial charge on any atom is 0.339 e. The minimum absolute atomic E-state index is 0.0715. The van der Waals surface area contributed by atoms with E-state index in [1.54, 1.807) is 12.1 Å². The molecule has 1 amide bonds. The van der Waals surface area contributed by atoms with Gasteiger partial charge in [0.25, 0.3) is 5.91 Å². The van der Waals surface area contributed by atoms with Crippen molar-refractivity contribution in [2.45, 2.75) is 38.8 Å². The first-order valence-corrected chi connectivity index (χ1v) is 11.6. The third kappa shape index (κ3) is 4.82. The highest BCUT2D eigenvalue weighted by atomic mass is 79.9. The van der Waals surface area contributed by atoms with Crippen LogP contribution < -0.4 is 5.73 Å². The molecule has 0 saturated heterocycles. The molecule has 10 heteroatoms. The fourth-order valence-electron chi connectivity index (χ4n) is 4.23. The molecule has 0 spiro atoms. The maximum absolute atomic E-state index is 15.2. The topological polar surface area (TPSA) is 105 Å². The smallest absolute Gasteiger partial charge is 0.339 e. The summed E-state index contributed by atoms with van der Waals surface area (Å²) in [6, 6.07) is 7.89. The van der Waals surface area contributed by atoms with Gasteiger partial charge < -0.3 is 15.6 Å². The molecule has 1 aliphatic rings. The predicted octanol–water partition coefficient (Wildman–Crippen LogP) is 4.55. The van der Waals surface area contributed by atoms with E-state index in [0.29, 0.717) is 10.0 Å². The number of aliphatic hydroxyl groups is 1. The number of halogens is 3. The van der Waals surface area contributed by atoms with Gasteiger partial charge in [0.15, 0.2) is 11.5 Å². The number of nitrogens with two attached hydrogens (primary N) is 1. The summed E-state index contributed by atoms with van der Waals surface area (Å²) in [6.07, 6.45) is 0.167. The van der Waals surface area contributed by atoms with E-state index in [2.05, 4.69) is 20.9 Å². The molecule has 3 N–H and O–H groups in total. The Morgan fingerprint density at radius 3 is 2.56 bits per heavy atom. The van der Waals surface area contributed by atoms with Gasteiger partial charge in [0.05, 0.1) is 30.3 Å². The molecule has 0 bridgehead atoms. The molecule has 7 nitrogen and oxygen atoms in total. The van der Waals surface area contributed by atoms with E-state index in [1.165, 1.54) is 31.4 Å². The Kier molecular flexibility index (Phi) is 7.40. The summed E-state index contributed by atoms with van der Waals surface area (Å²) in [6.45, 7) is 5.22.